The standard InChI is InChI=1S/C11H16O5S2.CH4/c1-15-17(12)9-3-8-16-10-4-6-11(7-5-10)18(2,13)14;/h4-7H,3,8-9H2,1-2H3;1H4. The molecule has 1 aromatic rings. The van der Waals surface area contributed by atoms with Crippen LogP contribution in [0.5, 0.6) is 5.75 Å². The maximum atomic E-state index is 11.2. The lowest BCUT2D eigenvalue weighted by atomic mass is 10.3. The SMILES string of the molecule is C.COS(=O)CCCOc1ccc(S(C)(=O)=O)cc1. The lowest BCUT2D eigenvalue weighted by Crippen LogP contribution is -2.05. The Morgan fingerprint density at radius 1 is 1.21 bits per heavy atom. The van der Waals surface area contributed by atoms with Crippen molar-refractivity contribution in [2.45, 2.75) is 18.7 Å². The van der Waals surface area contributed by atoms with Crippen molar-refractivity contribution >= 4 is 20.9 Å². The van der Waals surface area contributed by atoms with Gasteiger partial charge >= 0.3 is 0 Å². The Balaban J connectivity index is 0.00000324. The summed E-state index contributed by atoms with van der Waals surface area (Å²) in [5.41, 5.74) is 0. The van der Waals surface area contributed by atoms with Crippen molar-refractivity contribution in [3.05, 3.63) is 24.3 Å². The summed E-state index contributed by atoms with van der Waals surface area (Å²) in [4.78, 5) is 0.260. The first kappa shape index (κ1) is 18.1. The summed E-state index contributed by atoms with van der Waals surface area (Å²) in [5, 5.41) is 0. The molecule has 1 aromatic carbocycles. The average molecular weight is 308 g/mol. The second kappa shape index (κ2) is 8.29. The molecule has 0 saturated heterocycles. The predicted molar refractivity (Wildman–Crippen MR) is 76.4 cm³/mol. The van der Waals surface area contributed by atoms with Gasteiger partial charge in [0.1, 0.15) is 5.75 Å². The van der Waals surface area contributed by atoms with E-state index in [4.69, 9.17) is 4.74 Å². The molecule has 0 N–H and O–H groups in total. The Morgan fingerprint density at radius 2 is 1.79 bits per heavy atom. The van der Waals surface area contributed by atoms with E-state index in [1.807, 2.05) is 0 Å². The molecular formula is C12H20O5S2. The van der Waals surface area contributed by atoms with E-state index in [-0.39, 0.29) is 12.3 Å². The molecule has 0 aliphatic rings. The summed E-state index contributed by atoms with van der Waals surface area (Å²) >= 11 is -1.26. The molecule has 0 fully saturated rings. The number of rotatable bonds is 7. The van der Waals surface area contributed by atoms with Gasteiger partial charge in [-0.2, -0.15) is 0 Å². The van der Waals surface area contributed by atoms with Gasteiger partial charge < -0.3 is 4.74 Å². The average Bonchev–Trinajstić information content (AvgIpc) is 2.33. The van der Waals surface area contributed by atoms with Gasteiger partial charge in [0.05, 0.1) is 24.4 Å². The minimum Gasteiger partial charge on any atom is -0.494 e. The lowest BCUT2D eigenvalue weighted by molar-refractivity contribution is 0.316. The highest BCUT2D eigenvalue weighted by molar-refractivity contribution is 7.90. The van der Waals surface area contributed by atoms with Crippen LogP contribution in [0.15, 0.2) is 29.2 Å². The fraction of sp³-hybridized carbons (Fsp3) is 0.500. The summed E-state index contributed by atoms with van der Waals surface area (Å²) in [7, 11) is -1.78. The van der Waals surface area contributed by atoms with E-state index in [1.54, 1.807) is 12.1 Å². The van der Waals surface area contributed by atoms with Crippen molar-refractivity contribution in [3.8, 4) is 5.75 Å². The summed E-state index contributed by atoms with van der Waals surface area (Å²) in [6, 6.07) is 6.20. The molecule has 0 aliphatic carbocycles. The molecule has 0 spiro atoms. The third-order valence-corrected chi connectivity index (χ3v) is 4.28. The van der Waals surface area contributed by atoms with Gasteiger partial charge in [-0.3, -0.25) is 4.18 Å². The second-order valence-corrected chi connectivity index (χ2v) is 6.98. The van der Waals surface area contributed by atoms with Crippen LogP contribution in [0.25, 0.3) is 0 Å². The minimum atomic E-state index is -3.17. The van der Waals surface area contributed by atoms with Crippen LogP contribution in [0.3, 0.4) is 0 Å². The van der Waals surface area contributed by atoms with Crippen molar-refractivity contribution in [1.29, 1.82) is 0 Å². The molecule has 7 heteroatoms. The van der Waals surface area contributed by atoms with Crippen LogP contribution in [-0.2, 0) is 25.1 Å². The van der Waals surface area contributed by atoms with Crippen molar-refractivity contribution in [2.24, 2.45) is 0 Å². The van der Waals surface area contributed by atoms with Gasteiger partial charge in [0, 0.05) is 6.26 Å². The molecule has 0 aromatic heterocycles. The third kappa shape index (κ3) is 6.70. The highest BCUT2D eigenvalue weighted by Gasteiger charge is 2.06. The number of sulfone groups is 1. The lowest BCUT2D eigenvalue weighted by Gasteiger charge is -2.06. The smallest absolute Gasteiger partial charge is 0.175 e. The highest BCUT2D eigenvalue weighted by Crippen LogP contribution is 2.15. The first-order valence-corrected chi connectivity index (χ1v) is 8.43. The largest absolute Gasteiger partial charge is 0.494 e. The molecule has 0 saturated carbocycles. The molecule has 1 rings (SSSR count). The van der Waals surface area contributed by atoms with Gasteiger partial charge in [-0.05, 0) is 30.7 Å². The predicted octanol–water partition coefficient (Wildman–Crippen LogP) is 1.81. The van der Waals surface area contributed by atoms with Crippen LogP contribution in [-0.4, -0.2) is 38.4 Å². The Morgan fingerprint density at radius 3 is 2.26 bits per heavy atom. The molecule has 1 atom stereocenters. The molecule has 0 bridgehead atoms. The van der Waals surface area contributed by atoms with E-state index in [0.29, 0.717) is 24.5 Å². The molecule has 5 nitrogen and oxygen atoms in total. The van der Waals surface area contributed by atoms with Gasteiger partial charge in [0.15, 0.2) is 20.9 Å². The normalized spacial score (nSPS) is 12.5. The van der Waals surface area contributed by atoms with Crippen LogP contribution < -0.4 is 4.74 Å². The van der Waals surface area contributed by atoms with Crippen molar-refractivity contribution < 1.29 is 21.5 Å². The zero-order chi connectivity index (χ0) is 13.6. The molecular weight excluding hydrogens is 288 g/mol. The molecule has 0 heterocycles. The fourth-order valence-corrected chi connectivity index (χ4v) is 2.38. The van der Waals surface area contributed by atoms with Gasteiger partial charge in [-0.25, -0.2) is 12.6 Å². The van der Waals surface area contributed by atoms with Crippen LogP contribution in [0, 0.1) is 0 Å². The van der Waals surface area contributed by atoms with Crippen LogP contribution in [0.4, 0.5) is 0 Å². The van der Waals surface area contributed by atoms with Crippen molar-refractivity contribution in [2.75, 3.05) is 25.7 Å². The Bertz CT molecular complexity index is 493. The van der Waals surface area contributed by atoms with E-state index in [1.165, 1.54) is 19.2 Å². The summed E-state index contributed by atoms with van der Waals surface area (Å²) in [5.74, 6) is 1.00. The Labute approximate surface area is 117 Å². The maximum absolute atomic E-state index is 11.2. The first-order chi connectivity index (χ1) is 8.43. The van der Waals surface area contributed by atoms with Gasteiger partial charge in [-0.15, -0.1) is 0 Å². The monoisotopic (exact) mass is 308 g/mol. The quantitative estimate of drug-likeness (QED) is 0.718. The summed E-state index contributed by atoms with van der Waals surface area (Å²) < 4.78 is 43.4. The first-order valence-electron chi connectivity index (χ1n) is 5.29. The van der Waals surface area contributed by atoms with Gasteiger partial charge in [0.25, 0.3) is 0 Å². The van der Waals surface area contributed by atoms with Crippen LogP contribution >= 0.6 is 0 Å². The number of hydrogen-bond donors (Lipinski definition) is 0. The third-order valence-electron chi connectivity index (χ3n) is 2.16. The fourth-order valence-electron chi connectivity index (χ4n) is 1.23. The zero-order valence-corrected chi connectivity index (χ0v) is 11.9. The molecule has 110 valence electrons. The molecule has 0 amide bonds. The van der Waals surface area contributed by atoms with Crippen molar-refractivity contribution in [3.63, 3.8) is 0 Å². The van der Waals surface area contributed by atoms with E-state index >= 15 is 0 Å². The van der Waals surface area contributed by atoms with Crippen LogP contribution in [0.2, 0.25) is 0 Å². The van der Waals surface area contributed by atoms with Crippen LogP contribution in [0.1, 0.15) is 13.8 Å². The van der Waals surface area contributed by atoms with E-state index in [0.717, 1.165) is 6.26 Å². The molecule has 19 heavy (non-hydrogen) atoms. The van der Waals surface area contributed by atoms with Crippen molar-refractivity contribution in [1.82, 2.24) is 0 Å². The van der Waals surface area contributed by atoms with Gasteiger partial charge in [0.2, 0.25) is 0 Å². The Kier molecular flexibility index (Phi) is 7.89. The second-order valence-electron chi connectivity index (χ2n) is 3.62. The number of benzene rings is 1. The number of hydrogen-bond acceptors (Lipinski definition) is 5. The van der Waals surface area contributed by atoms with E-state index in [9.17, 15) is 12.6 Å². The minimum absolute atomic E-state index is 0. The Hall–Kier alpha value is -0.920. The van der Waals surface area contributed by atoms with E-state index in [2.05, 4.69) is 4.18 Å². The summed E-state index contributed by atoms with van der Waals surface area (Å²) in [6.45, 7) is 0.410. The molecule has 1 unspecified atom stereocenters. The maximum Gasteiger partial charge on any atom is 0.175 e. The molecule has 0 radical (unpaired) electrons. The highest BCUT2D eigenvalue weighted by atomic mass is 32.2. The van der Waals surface area contributed by atoms with E-state index < -0.39 is 20.9 Å². The molecule has 0 aliphatic heterocycles. The zero-order valence-electron chi connectivity index (χ0n) is 10.3. The van der Waals surface area contributed by atoms with Gasteiger partial charge in [-0.1, -0.05) is 7.43 Å². The summed E-state index contributed by atoms with van der Waals surface area (Å²) in [6.07, 6.45) is 1.76. The number of ether oxygens (including phenoxy) is 1. The topological polar surface area (TPSA) is 69.7 Å².